The molecule has 0 atom stereocenters. The molecular formula is C13H11BrN2O3. The van der Waals surface area contributed by atoms with Gasteiger partial charge in [-0.15, -0.1) is 0 Å². The van der Waals surface area contributed by atoms with Crippen molar-refractivity contribution in [3.05, 3.63) is 50.3 Å². The van der Waals surface area contributed by atoms with Crippen LogP contribution in [0.5, 0.6) is 0 Å². The molecule has 0 bridgehead atoms. The number of ether oxygens (including phenoxy) is 1. The van der Waals surface area contributed by atoms with Gasteiger partial charge in [0.1, 0.15) is 11.4 Å². The van der Waals surface area contributed by atoms with Gasteiger partial charge in [-0.3, -0.25) is 4.79 Å². The van der Waals surface area contributed by atoms with E-state index in [-0.39, 0.29) is 5.56 Å². The molecule has 0 spiro atoms. The van der Waals surface area contributed by atoms with E-state index in [0.717, 1.165) is 15.6 Å². The monoisotopic (exact) mass is 322 g/mol. The van der Waals surface area contributed by atoms with Crippen LogP contribution in [0.1, 0.15) is 15.9 Å². The molecule has 1 aromatic carbocycles. The highest BCUT2D eigenvalue weighted by Crippen LogP contribution is 2.22. The van der Waals surface area contributed by atoms with E-state index in [1.807, 2.05) is 25.1 Å². The number of halogens is 1. The molecule has 1 heterocycles. The Morgan fingerprint density at radius 3 is 2.74 bits per heavy atom. The Bertz CT molecular complexity index is 695. The maximum Gasteiger partial charge on any atom is 0.345 e. The van der Waals surface area contributed by atoms with E-state index < -0.39 is 11.5 Å². The number of carbonyl (C=O) groups excluding carboxylic acids is 1. The fourth-order valence-corrected chi connectivity index (χ4v) is 1.92. The molecule has 19 heavy (non-hydrogen) atoms. The molecule has 0 radical (unpaired) electrons. The second-order valence-electron chi connectivity index (χ2n) is 3.93. The van der Waals surface area contributed by atoms with Gasteiger partial charge < -0.3 is 9.72 Å². The molecule has 0 unspecified atom stereocenters. The first kappa shape index (κ1) is 13.5. The summed E-state index contributed by atoms with van der Waals surface area (Å²) in [6.45, 7) is 1.96. The summed E-state index contributed by atoms with van der Waals surface area (Å²) in [4.78, 5) is 29.7. The van der Waals surface area contributed by atoms with E-state index in [9.17, 15) is 9.59 Å². The van der Waals surface area contributed by atoms with Gasteiger partial charge in [-0.25, -0.2) is 9.78 Å². The van der Waals surface area contributed by atoms with Gasteiger partial charge in [-0.2, -0.15) is 0 Å². The number of aryl methyl sites for hydroxylation is 1. The van der Waals surface area contributed by atoms with Crippen LogP contribution in [0.2, 0.25) is 0 Å². The van der Waals surface area contributed by atoms with Crippen LogP contribution in [-0.2, 0) is 4.74 Å². The van der Waals surface area contributed by atoms with Crippen LogP contribution < -0.4 is 5.56 Å². The van der Waals surface area contributed by atoms with Crippen LogP contribution in [0, 0.1) is 6.92 Å². The molecule has 6 heteroatoms. The minimum atomic E-state index is -0.703. The average Bonchev–Trinajstić information content (AvgIpc) is 2.41. The minimum absolute atomic E-state index is 0.113. The highest BCUT2D eigenvalue weighted by molar-refractivity contribution is 9.10. The van der Waals surface area contributed by atoms with Crippen molar-refractivity contribution in [1.82, 2.24) is 9.97 Å². The van der Waals surface area contributed by atoms with Crippen molar-refractivity contribution in [3.63, 3.8) is 0 Å². The predicted octanol–water partition coefficient (Wildman–Crippen LogP) is 2.29. The van der Waals surface area contributed by atoms with E-state index in [1.165, 1.54) is 13.3 Å². The summed E-state index contributed by atoms with van der Waals surface area (Å²) < 4.78 is 5.41. The second-order valence-corrected chi connectivity index (χ2v) is 4.78. The molecule has 0 fully saturated rings. The molecule has 1 N–H and O–H groups in total. The molecule has 0 saturated heterocycles. The van der Waals surface area contributed by atoms with Crippen molar-refractivity contribution >= 4 is 21.9 Å². The van der Waals surface area contributed by atoms with Crippen molar-refractivity contribution in [2.45, 2.75) is 6.92 Å². The topological polar surface area (TPSA) is 72.0 Å². The molecule has 98 valence electrons. The number of nitrogens with one attached hydrogen (secondary N) is 1. The van der Waals surface area contributed by atoms with Gasteiger partial charge in [0, 0.05) is 16.2 Å². The highest BCUT2D eigenvalue weighted by Gasteiger charge is 2.12. The Hall–Kier alpha value is -1.95. The average molecular weight is 323 g/mol. The van der Waals surface area contributed by atoms with Crippen molar-refractivity contribution in [2.24, 2.45) is 0 Å². The summed E-state index contributed by atoms with van der Waals surface area (Å²) in [5.41, 5.74) is 1.20. The maximum atomic E-state index is 11.8. The Balaban J connectivity index is 2.47. The Morgan fingerprint density at radius 1 is 1.42 bits per heavy atom. The first-order valence-electron chi connectivity index (χ1n) is 5.47. The number of hydrogen-bond donors (Lipinski definition) is 1. The number of nitrogens with zero attached hydrogens (tertiary/aromatic N) is 1. The quantitative estimate of drug-likeness (QED) is 0.861. The molecule has 0 amide bonds. The SMILES string of the molecule is COC(=O)c1cnc(-c2ccc(C)c(Br)c2)[nH]c1=O. The third kappa shape index (κ3) is 2.73. The number of H-pyrrole nitrogens is 1. The van der Waals surface area contributed by atoms with Gasteiger partial charge in [0.25, 0.3) is 5.56 Å². The van der Waals surface area contributed by atoms with Gasteiger partial charge in [0.2, 0.25) is 0 Å². The van der Waals surface area contributed by atoms with Crippen LogP contribution in [0.25, 0.3) is 11.4 Å². The predicted molar refractivity (Wildman–Crippen MR) is 74.1 cm³/mol. The first-order valence-corrected chi connectivity index (χ1v) is 6.26. The zero-order valence-electron chi connectivity index (χ0n) is 10.4. The highest BCUT2D eigenvalue weighted by atomic mass is 79.9. The van der Waals surface area contributed by atoms with E-state index in [4.69, 9.17) is 0 Å². The summed E-state index contributed by atoms with van der Waals surface area (Å²) in [5.74, 6) is -0.302. The largest absolute Gasteiger partial charge is 0.465 e. The minimum Gasteiger partial charge on any atom is -0.465 e. The maximum absolute atomic E-state index is 11.8. The van der Waals surface area contributed by atoms with E-state index in [0.29, 0.717) is 5.82 Å². The summed E-state index contributed by atoms with van der Waals surface area (Å²) >= 11 is 3.42. The van der Waals surface area contributed by atoms with Crippen LogP contribution in [0.15, 0.2) is 33.7 Å². The number of esters is 1. The van der Waals surface area contributed by atoms with Gasteiger partial charge in [0.05, 0.1) is 7.11 Å². The zero-order chi connectivity index (χ0) is 14.0. The zero-order valence-corrected chi connectivity index (χ0v) is 11.9. The fraction of sp³-hybridized carbons (Fsp3) is 0.154. The van der Waals surface area contributed by atoms with Gasteiger partial charge >= 0.3 is 5.97 Å². The second kappa shape index (κ2) is 5.36. The molecule has 0 aliphatic rings. The lowest BCUT2D eigenvalue weighted by Crippen LogP contribution is -2.20. The fourth-order valence-electron chi connectivity index (χ4n) is 1.54. The Morgan fingerprint density at radius 2 is 2.16 bits per heavy atom. The van der Waals surface area contributed by atoms with Crippen molar-refractivity contribution in [1.29, 1.82) is 0 Å². The van der Waals surface area contributed by atoms with Gasteiger partial charge in [0.15, 0.2) is 0 Å². The van der Waals surface area contributed by atoms with Crippen molar-refractivity contribution < 1.29 is 9.53 Å². The standard InChI is InChI=1S/C13H11BrN2O3/c1-7-3-4-8(5-10(7)14)11-15-6-9(12(17)16-11)13(18)19-2/h3-6H,1-2H3,(H,15,16,17). The number of methoxy groups -OCH3 is 1. The number of rotatable bonds is 2. The van der Waals surface area contributed by atoms with Crippen molar-refractivity contribution in [2.75, 3.05) is 7.11 Å². The van der Waals surface area contributed by atoms with Crippen molar-refractivity contribution in [3.8, 4) is 11.4 Å². The van der Waals surface area contributed by atoms with Crippen LogP contribution in [0.4, 0.5) is 0 Å². The third-order valence-corrected chi connectivity index (χ3v) is 3.50. The molecule has 2 aromatic rings. The normalized spacial score (nSPS) is 10.3. The lowest BCUT2D eigenvalue weighted by Gasteiger charge is -2.04. The van der Waals surface area contributed by atoms with Crippen LogP contribution >= 0.6 is 15.9 Å². The molecule has 1 aromatic heterocycles. The Labute approximate surface area is 117 Å². The summed E-state index contributed by atoms with van der Waals surface area (Å²) in [5, 5.41) is 0. The molecule has 0 saturated carbocycles. The van der Waals surface area contributed by atoms with Crippen LogP contribution in [-0.4, -0.2) is 23.0 Å². The van der Waals surface area contributed by atoms with E-state index in [1.54, 1.807) is 0 Å². The number of hydrogen-bond acceptors (Lipinski definition) is 4. The lowest BCUT2D eigenvalue weighted by molar-refractivity contribution is 0.0598. The number of carbonyl (C=O) groups is 1. The Kier molecular flexibility index (Phi) is 3.80. The van der Waals surface area contributed by atoms with Crippen LogP contribution in [0.3, 0.4) is 0 Å². The first-order chi connectivity index (χ1) is 9.02. The third-order valence-electron chi connectivity index (χ3n) is 2.65. The lowest BCUT2D eigenvalue weighted by atomic mass is 10.1. The molecule has 5 nitrogen and oxygen atoms in total. The van der Waals surface area contributed by atoms with E-state index in [2.05, 4.69) is 30.6 Å². The molecule has 2 rings (SSSR count). The smallest absolute Gasteiger partial charge is 0.345 e. The summed E-state index contributed by atoms with van der Waals surface area (Å²) in [6, 6.07) is 5.61. The number of aromatic nitrogens is 2. The van der Waals surface area contributed by atoms with Gasteiger partial charge in [-0.1, -0.05) is 28.1 Å². The molecular weight excluding hydrogens is 312 g/mol. The van der Waals surface area contributed by atoms with E-state index >= 15 is 0 Å². The summed E-state index contributed by atoms with van der Waals surface area (Å²) in [6.07, 6.45) is 1.22. The van der Waals surface area contributed by atoms with Gasteiger partial charge in [-0.05, 0) is 18.6 Å². The molecule has 0 aliphatic heterocycles. The summed E-state index contributed by atoms with van der Waals surface area (Å²) in [7, 11) is 1.22. The number of benzene rings is 1. The molecule has 0 aliphatic carbocycles. The number of aromatic amines is 1.